The number of piperidine rings is 1. The highest BCUT2D eigenvalue weighted by Crippen LogP contribution is 2.30. The molecule has 3 aliphatic rings. The zero-order valence-electron chi connectivity index (χ0n) is 16.6. The van der Waals surface area contributed by atoms with Crippen LogP contribution in [-0.2, 0) is 17.9 Å². The third kappa shape index (κ3) is 4.36. The number of benzene rings is 1. The van der Waals surface area contributed by atoms with Gasteiger partial charge in [-0.1, -0.05) is 25.1 Å². The fraction of sp³-hybridized carbons (Fsp3) is 0.478. The Hall–Kier alpha value is -2.40. The van der Waals surface area contributed by atoms with Crippen LogP contribution in [0.1, 0.15) is 37.4 Å². The number of nitrogens with zero attached hydrogens (tertiary/aromatic N) is 3. The van der Waals surface area contributed by atoms with Gasteiger partial charge in [-0.05, 0) is 49.1 Å². The lowest BCUT2D eigenvalue weighted by Crippen LogP contribution is -2.48. The van der Waals surface area contributed by atoms with Gasteiger partial charge >= 0.3 is 0 Å². The zero-order valence-corrected chi connectivity index (χ0v) is 16.6. The van der Waals surface area contributed by atoms with Crippen LogP contribution in [0, 0.1) is 5.92 Å². The molecule has 2 aromatic rings. The normalized spacial score (nSPS) is 22.3. The molecule has 4 heterocycles. The first-order valence-electron chi connectivity index (χ1n) is 10.4. The fourth-order valence-electron chi connectivity index (χ4n) is 4.38. The summed E-state index contributed by atoms with van der Waals surface area (Å²) in [5.41, 5.74) is 2.19. The summed E-state index contributed by atoms with van der Waals surface area (Å²) in [5, 5.41) is 0. The van der Waals surface area contributed by atoms with Crippen molar-refractivity contribution < 1.29 is 9.53 Å². The minimum atomic E-state index is 0.172. The number of carbonyl (C=O) groups is 1. The van der Waals surface area contributed by atoms with Gasteiger partial charge in [-0.2, -0.15) is 0 Å². The van der Waals surface area contributed by atoms with Gasteiger partial charge in [0.2, 0.25) is 5.91 Å². The summed E-state index contributed by atoms with van der Waals surface area (Å²) in [6.07, 6.45) is 5.01. The van der Waals surface area contributed by atoms with E-state index in [0.29, 0.717) is 18.6 Å². The van der Waals surface area contributed by atoms with E-state index in [1.165, 1.54) is 5.56 Å². The molecule has 2 atom stereocenters. The molecule has 0 spiro atoms. The lowest BCUT2D eigenvalue weighted by atomic mass is 9.94. The summed E-state index contributed by atoms with van der Waals surface area (Å²) >= 11 is 0. The van der Waals surface area contributed by atoms with E-state index < -0.39 is 0 Å². The van der Waals surface area contributed by atoms with Crippen LogP contribution in [0.25, 0.3) is 0 Å². The molecule has 0 aliphatic carbocycles. The Kier molecular flexibility index (Phi) is 5.91. The van der Waals surface area contributed by atoms with Crippen molar-refractivity contribution in [3.05, 3.63) is 59.9 Å². The van der Waals surface area contributed by atoms with E-state index in [1.54, 1.807) is 6.20 Å². The standard InChI is InChI=1S/C23H29N3O2/c1-2-13-26-21-9-8-19(23(26)27)15-25(16-21)14-18-6-10-22(11-7-18)28-17-20-5-3-4-12-24-20/h3-7,10-12,19,21H,2,8-9,13-17H2,1H3/t19-,21+/m0/s1. The minimum Gasteiger partial charge on any atom is -0.487 e. The summed E-state index contributed by atoms with van der Waals surface area (Å²) in [6, 6.07) is 14.5. The van der Waals surface area contributed by atoms with E-state index in [0.717, 1.165) is 56.9 Å². The van der Waals surface area contributed by atoms with E-state index in [4.69, 9.17) is 4.74 Å². The third-order valence-corrected chi connectivity index (χ3v) is 5.78. The van der Waals surface area contributed by atoms with Crippen molar-refractivity contribution in [2.24, 2.45) is 5.92 Å². The highest BCUT2D eigenvalue weighted by atomic mass is 16.5. The molecule has 0 N–H and O–H groups in total. The summed E-state index contributed by atoms with van der Waals surface area (Å²) < 4.78 is 5.83. The molecular weight excluding hydrogens is 350 g/mol. The lowest BCUT2D eigenvalue weighted by molar-refractivity contribution is -0.139. The predicted molar refractivity (Wildman–Crippen MR) is 109 cm³/mol. The van der Waals surface area contributed by atoms with Gasteiger partial charge in [-0.15, -0.1) is 0 Å². The topological polar surface area (TPSA) is 45.7 Å². The Bertz CT molecular complexity index is 778. The Morgan fingerprint density at radius 2 is 1.96 bits per heavy atom. The Morgan fingerprint density at radius 3 is 2.71 bits per heavy atom. The summed E-state index contributed by atoms with van der Waals surface area (Å²) in [4.78, 5) is 21.6. The number of ether oxygens (including phenoxy) is 1. The average molecular weight is 380 g/mol. The monoisotopic (exact) mass is 379 g/mol. The number of aromatic nitrogens is 1. The number of fused-ring (bicyclic) bond motifs is 4. The predicted octanol–water partition coefficient (Wildman–Crippen LogP) is 3.49. The van der Waals surface area contributed by atoms with Crippen LogP contribution in [-0.4, -0.2) is 46.4 Å². The van der Waals surface area contributed by atoms with Gasteiger partial charge in [-0.3, -0.25) is 14.7 Å². The van der Waals surface area contributed by atoms with Crippen molar-refractivity contribution in [1.29, 1.82) is 0 Å². The van der Waals surface area contributed by atoms with Gasteiger partial charge in [0.25, 0.3) is 0 Å². The molecule has 148 valence electrons. The molecule has 0 radical (unpaired) electrons. The van der Waals surface area contributed by atoms with Crippen LogP contribution in [0.15, 0.2) is 48.7 Å². The van der Waals surface area contributed by atoms with Gasteiger partial charge in [0.1, 0.15) is 12.4 Å². The van der Waals surface area contributed by atoms with Crippen LogP contribution in [0.3, 0.4) is 0 Å². The van der Waals surface area contributed by atoms with Crippen LogP contribution < -0.4 is 4.74 Å². The van der Waals surface area contributed by atoms with Gasteiger partial charge in [0.05, 0.1) is 11.6 Å². The first kappa shape index (κ1) is 18.9. The zero-order chi connectivity index (χ0) is 19.3. The quantitative estimate of drug-likeness (QED) is 0.739. The van der Waals surface area contributed by atoms with Gasteiger partial charge in [-0.25, -0.2) is 0 Å². The lowest BCUT2D eigenvalue weighted by Gasteiger charge is -2.35. The first-order chi connectivity index (χ1) is 13.7. The first-order valence-corrected chi connectivity index (χ1v) is 10.4. The van der Waals surface area contributed by atoms with E-state index in [-0.39, 0.29) is 5.92 Å². The second kappa shape index (κ2) is 8.74. The maximum atomic E-state index is 12.7. The number of hydrogen-bond acceptors (Lipinski definition) is 4. The summed E-state index contributed by atoms with van der Waals surface area (Å²) in [7, 11) is 0. The molecule has 3 saturated heterocycles. The summed E-state index contributed by atoms with van der Waals surface area (Å²) in [6.45, 7) is 6.29. The van der Waals surface area contributed by atoms with Crippen molar-refractivity contribution in [3.63, 3.8) is 0 Å². The molecule has 1 amide bonds. The molecule has 5 nitrogen and oxygen atoms in total. The molecule has 0 unspecified atom stereocenters. The van der Waals surface area contributed by atoms with Crippen molar-refractivity contribution >= 4 is 5.91 Å². The van der Waals surface area contributed by atoms with Crippen molar-refractivity contribution in [2.75, 3.05) is 19.6 Å². The fourth-order valence-corrected chi connectivity index (χ4v) is 4.38. The molecule has 5 heteroatoms. The van der Waals surface area contributed by atoms with Gasteiger partial charge < -0.3 is 9.64 Å². The molecule has 1 aromatic heterocycles. The second-order valence-electron chi connectivity index (χ2n) is 7.91. The van der Waals surface area contributed by atoms with Crippen molar-refractivity contribution in [2.45, 2.75) is 45.4 Å². The largest absolute Gasteiger partial charge is 0.487 e. The number of hydrogen-bond donors (Lipinski definition) is 0. The highest BCUT2D eigenvalue weighted by molar-refractivity contribution is 5.80. The molecule has 3 fully saturated rings. The van der Waals surface area contributed by atoms with Gasteiger partial charge in [0.15, 0.2) is 0 Å². The smallest absolute Gasteiger partial charge is 0.227 e. The third-order valence-electron chi connectivity index (χ3n) is 5.78. The molecule has 0 saturated carbocycles. The number of pyridine rings is 1. The number of rotatable bonds is 7. The SMILES string of the molecule is CCCN1C(=O)[C@H]2CC[C@@H]1CN(Cc1ccc(OCc3ccccn3)cc1)C2. The molecular formula is C23H29N3O2. The van der Waals surface area contributed by atoms with Crippen LogP contribution in [0.5, 0.6) is 5.75 Å². The van der Waals surface area contributed by atoms with E-state index in [9.17, 15) is 4.79 Å². The molecule has 5 rings (SSSR count). The number of carbonyl (C=O) groups excluding carboxylic acids is 1. The van der Waals surface area contributed by atoms with E-state index in [1.807, 2.05) is 30.3 Å². The maximum absolute atomic E-state index is 12.7. The second-order valence-corrected chi connectivity index (χ2v) is 7.91. The number of amides is 1. The molecule has 28 heavy (non-hydrogen) atoms. The molecule has 3 aliphatic heterocycles. The highest BCUT2D eigenvalue weighted by Gasteiger charge is 2.39. The Morgan fingerprint density at radius 1 is 1.11 bits per heavy atom. The molecule has 2 bridgehead atoms. The van der Waals surface area contributed by atoms with Crippen molar-refractivity contribution in [1.82, 2.24) is 14.8 Å². The van der Waals surface area contributed by atoms with Crippen LogP contribution in [0.2, 0.25) is 0 Å². The van der Waals surface area contributed by atoms with Crippen LogP contribution >= 0.6 is 0 Å². The maximum Gasteiger partial charge on any atom is 0.227 e. The molecule has 1 aromatic carbocycles. The van der Waals surface area contributed by atoms with E-state index >= 15 is 0 Å². The Labute approximate surface area is 167 Å². The van der Waals surface area contributed by atoms with E-state index in [2.05, 4.69) is 33.8 Å². The average Bonchev–Trinajstić information content (AvgIpc) is 3.00. The minimum absolute atomic E-state index is 0.172. The summed E-state index contributed by atoms with van der Waals surface area (Å²) in [5.74, 6) is 1.40. The van der Waals surface area contributed by atoms with Crippen molar-refractivity contribution in [3.8, 4) is 5.75 Å². The Balaban J connectivity index is 1.35. The van der Waals surface area contributed by atoms with Crippen LogP contribution in [0.4, 0.5) is 0 Å². The van der Waals surface area contributed by atoms with Gasteiger partial charge in [0, 0.05) is 38.4 Å².